The Balaban J connectivity index is -0.0000000208. The molecule has 0 aromatic carbocycles. The van der Waals surface area contributed by atoms with Crippen molar-refractivity contribution in [3.05, 3.63) is 0 Å². The standard InChI is InChI=1S/C2H5F.2CH2F2.2CH3F/c1-2-3;2*2-1-3;2*1-2/h2H2,1H3;2*1H2;2*1H3. The number of halogens is 7. The largest absolute Gasteiger partial charge is 0.255 e. The highest BCUT2D eigenvalue weighted by Crippen LogP contribution is 1.56. The Kier molecular flexibility index (Phi) is 456. The fraction of sp³-hybridized carbons (Fsp3) is 1.00. The lowest BCUT2D eigenvalue weighted by molar-refractivity contribution is 0.295. The Labute approximate surface area is 73.7 Å². The Morgan fingerprint density at radius 1 is 0.615 bits per heavy atom. The van der Waals surface area contributed by atoms with E-state index in [1.165, 1.54) is 6.92 Å². The molecule has 0 rings (SSSR count). The summed E-state index contributed by atoms with van der Waals surface area (Å²) in [4.78, 5) is 0. The SMILES string of the molecule is CCF.CF.CF.FCF.FCF. The number of alkyl halides is 7. The average molecular weight is 220 g/mol. The first-order valence-corrected chi connectivity index (χ1v) is 2.80. The van der Waals surface area contributed by atoms with Gasteiger partial charge in [0.25, 0.3) is 0 Å². The number of rotatable bonds is 0. The molecule has 88 valence electrons. The van der Waals surface area contributed by atoms with Crippen LogP contribution in [0.15, 0.2) is 0 Å². The summed E-state index contributed by atoms with van der Waals surface area (Å²) in [5.74, 6) is 0. The van der Waals surface area contributed by atoms with Crippen LogP contribution < -0.4 is 0 Å². The Morgan fingerprint density at radius 3 is 0.615 bits per heavy atom. The lowest BCUT2D eigenvalue weighted by atomic mass is 10.9. The molecule has 0 aliphatic rings. The normalized spacial score (nSPS) is 5.08. The van der Waals surface area contributed by atoms with Gasteiger partial charge in [-0.3, -0.25) is 13.2 Å². The maximum absolute atomic E-state index is 10.3. The topological polar surface area (TPSA) is 0 Å². The molecule has 0 aliphatic heterocycles. The van der Waals surface area contributed by atoms with Crippen molar-refractivity contribution in [2.75, 3.05) is 34.9 Å². The first kappa shape index (κ1) is 29.4. The van der Waals surface area contributed by atoms with Crippen LogP contribution in [0, 0.1) is 0 Å². The van der Waals surface area contributed by atoms with Crippen molar-refractivity contribution in [3.8, 4) is 0 Å². The van der Waals surface area contributed by atoms with Crippen LogP contribution in [0.5, 0.6) is 0 Å². The van der Waals surface area contributed by atoms with Crippen molar-refractivity contribution < 1.29 is 30.7 Å². The minimum Gasteiger partial charge on any atom is -0.255 e. The predicted molar refractivity (Wildman–Crippen MR) is 39.9 cm³/mol. The minimum atomic E-state index is -1.75. The van der Waals surface area contributed by atoms with Gasteiger partial charge in [0.15, 0.2) is 0 Å². The third-order valence-corrected chi connectivity index (χ3v) is 0. The first-order chi connectivity index (χ1) is 6.24. The van der Waals surface area contributed by atoms with E-state index in [0.717, 1.165) is 0 Å². The van der Waals surface area contributed by atoms with E-state index < -0.39 is 13.9 Å². The van der Waals surface area contributed by atoms with Gasteiger partial charge in [-0.15, -0.1) is 0 Å². The van der Waals surface area contributed by atoms with Crippen LogP contribution in [0.2, 0.25) is 0 Å². The molecule has 0 aliphatic carbocycles. The van der Waals surface area contributed by atoms with Gasteiger partial charge in [0.1, 0.15) is 0 Å². The fourth-order valence-electron chi connectivity index (χ4n) is 0. The van der Waals surface area contributed by atoms with Gasteiger partial charge in [-0.05, 0) is 6.92 Å². The highest BCUT2D eigenvalue weighted by atomic mass is 19.3. The van der Waals surface area contributed by atoms with Crippen molar-refractivity contribution in [1.82, 2.24) is 0 Å². The molecule has 0 unspecified atom stereocenters. The fourth-order valence-corrected chi connectivity index (χ4v) is 0. The molecule has 0 atom stereocenters. The Bertz CT molecular complexity index is 17.7. The molecule has 0 heterocycles. The van der Waals surface area contributed by atoms with Crippen LogP contribution in [0.1, 0.15) is 6.92 Å². The Hall–Kier alpha value is -0.490. The number of hydrogen-bond acceptors (Lipinski definition) is 0. The second-order valence-electron chi connectivity index (χ2n) is 0.469. The molecular formula is C6H15F7. The summed E-state index contributed by atoms with van der Waals surface area (Å²) in [5.41, 5.74) is 0. The third-order valence-electron chi connectivity index (χ3n) is 0. The molecule has 0 bridgehead atoms. The zero-order valence-corrected chi connectivity index (χ0v) is 7.77. The molecular weight excluding hydrogens is 205 g/mol. The van der Waals surface area contributed by atoms with Gasteiger partial charge in [0.05, 0.1) is 21.0 Å². The quantitative estimate of drug-likeness (QED) is 0.543. The third kappa shape index (κ3) is 4340. The predicted octanol–water partition coefficient (Wildman–Crippen LogP) is 3.91. The second kappa shape index (κ2) is 202. The zero-order chi connectivity index (χ0) is 12.1. The van der Waals surface area contributed by atoms with Gasteiger partial charge in [0, 0.05) is 0 Å². The van der Waals surface area contributed by atoms with E-state index >= 15 is 0 Å². The minimum absolute atomic E-state index is 0.250. The smallest absolute Gasteiger partial charge is 0.229 e. The highest BCUT2D eigenvalue weighted by molar-refractivity contribution is 3.86. The summed E-state index contributed by atoms with van der Waals surface area (Å²) in [5, 5.41) is 0. The van der Waals surface area contributed by atoms with E-state index in [-0.39, 0.29) is 6.67 Å². The monoisotopic (exact) mass is 220 g/mol. The lowest BCUT2D eigenvalue weighted by Crippen LogP contribution is -1.40. The summed E-state index contributed by atoms with van der Waals surface area (Å²) >= 11 is 0. The van der Waals surface area contributed by atoms with Gasteiger partial charge in [-0.25, -0.2) is 17.6 Å². The molecule has 0 amide bonds. The van der Waals surface area contributed by atoms with E-state index in [1.807, 2.05) is 0 Å². The van der Waals surface area contributed by atoms with Crippen LogP contribution in [0.25, 0.3) is 0 Å². The van der Waals surface area contributed by atoms with Crippen LogP contribution in [-0.4, -0.2) is 34.9 Å². The van der Waals surface area contributed by atoms with Gasteiger partial charge in [-0.2, -0.15) is 0 Å². The molecule has 13 heavy (non-hydrogen) atoms. The van der Waals surface area contributed by atoms with Crippen LogP contribution in [0.4, 0.5) is 30.7 Å². The zero-order valence-electron chi connectivity index (χ0n) is 7.77. The van der Waals surface area contributed by atoms with Crippen molar-refractivity contribution in [2.24, 2.45) is 0 Å². The van der Waals surface area contributed by atoms with Gasteiger partial charge < -0.3 is 0 Å². The van der Waals surface area contributed by atoms with E-state index in [1.54, 1.807) is 0 Å². The molecule has 7 heteroatoms. The van der Waals surface area contributed by atoms with E-state index in [2.05, 4.69) is 0 Å². The van der Waals surface area contributed by atoms with Gasteiger partial charge in [-0.1, -0.05) is 0 Å². The van der Waals surface area contributed by atoms with Crippen molar-refractivity contribution in [3.63, 3.8) is 0 Å². The summed E-state index contributed by atoms with van der Waals surface area (Å²) in [6, 6.07) is 0. The van der Waals surface area contributed by atoms with Crippen molar-refractivity contribution in [2.45, 2.75) is 6.92 Å². The Morgan fingerprint density at radius 2 is 0.615 bits per heavy atom. The molecule has 0 radical (unpaired) electrons. The molecule has 0 fully saturated rings. The van der Waals surface area contributed by atoms with Crippen molar-refractivity contribution >= 4 is 0 Å². The molecule has 0 N–H and O–H groups in total. The molecule has 0 spiro atoms. The molecule has 0 saturated carbocycles. The van der Waals surface area contributed by atoms with Crippen LogP contribution >= 0.6 is 0 Å². The average Bonchev–Trinajstić information content (AvgIpc) is 2.14. The molecule has 0 aromatic heterocycles. The van der Waals surface area contributed by atoms with E-state index in [0.29, 0.717) is 14.4 Å². The maximum atomic E-state index is 10.3. The lowest BCUT2D eigenvalue weighted by Gasteiger charge is -1.45. The van der Waals surface area contributed by atoms with Crippen LogP contribution in [0.3, 0.4) is 0 Å². The van der Waals surface area contributed by atoms with Gasteiger partial charge >= 0.3 is 0 Å². The highest BCUT2D eigenvalue weighted by Gasteiger charge is 1.44. The second-order valence-corrected chi connectivity index (χ2v) is 0.469. The molecule has 0 nitrogen and oxygen atoms in total. The summed E-state index contributed by atoms with van der Waals surface area (Å²) in [6.07, 6.45) is 0. The van der Waals surface area contributed by atoms with Crippen LogP contribution in [-0.2, 0) is 0 Å². The molecule has 0 saturated heterocycles. The summed E-state index contributed by atoms with van der Waals surface area (Å²) in [6.45, 7) is -2.29. The van der Waals surface area contributed by atoms with Gasteiger partial charge in [0.2, 0.25) is 13.9 Å². The summed E-state index contributed by atoms with van der Waals surface area (Å²) < 4.78 is 67.8. The molecule has 0 aromatic rings. The number of hydrogen-bond donors (Lipinski definition) is 0. The summed E-state index contributed by atoms with van der Waals surface area (Å²) in [7, 11) is 1.00. The van der Waals surface area contributed by atoms with E-state index in [9.17, 15) is 30.7 Å². The maximum Gasteiger partial charge on any atom is 0.229 e. The van der Waals surface area contributed by atoms with E-state index in [4.69, 9.17) is 0 Å². The first-order valence-electron chi connectivity index (χ1n) is 2.80. The van der Waals surface area contributed by atoms with Crippen molar-refractivity contribution in [1.29, 1.82) is 0 Å².